The Bertz CT molecular complexity index is 784. The summed E-state index contributed by atoms with van der Waals surface area (Å²) >= 11 is 0. The lowest BCUT2D eigenvalue weighted by Gasteiger charge is -2.49. The van der Waals surface area contributed by atoms with Gasteiger partial charge in [-0.05, 0) is 0 Å². The van der Waals surface area contributed by atoms with Crippen LogP contribution in [0.3, 0.4) is 0 Å². The second-order valence-corrected chi connectivity index (χ2v) is 6.47. The minimum absolute atomic E-state index is 7.18. The molecule has 0 N–H and O–H groups in total. The van der Waals surface area contributed by atoms with Crippen molar-refractivity contribution < 1.29 is 105 Å². The quantitative estimate of drug-likeness (QED) is 0.236. The Hall–Kier alpha value is -1.68. The third kappa shape index (κ3) is 3.80. The van der Waals surface area contributed by atoms with Crippen LogP contribution in [0.25, 0.3) is 0 Å². The minimum Gasteiger partial charge on any atom is -0.226 e. The fourth-order valence-electron chi connectivity index (χ4n) is 2.26. The van der Waals surface area contributed by atoms with Gasteiger partial charge < -0.3 is 0 Å². The van der Waals surface area contributed by atoms with E-state index in [-0.39, 0.29) is 0 Å². The van der Waals surface area contributed by atoms with E-state index in [0.29, 0.717) is 0 Å². The first-order valence-electron chi connectivity index (χ1n) is 7.48. The van der Waals surface area contributed by atoms with Crippen LogP contribution in [0.4, 0.5) is 105 Å². The van der Waals surface area contributed by atoms with E-state index in [0.717, 1.165) is 0 Å². The number of halogens is 24. The van der Waals surface area contributed by atoms with E-state index < -0.39 is 72.1 Å². The van der Waals surface area contributed by atoms with Gasteiger partial charge in [0.2, 0.25) is 0 Å². The summed E-state index contributed by atoms with van der Waals surface area (Å²) in [6.45, 7) is 0. The van der Waals surface area contributed by atoms with E-state index >= 15 is 0 Å². The van der Waals surface area contributed by atoms with Crippen molar-refractivity contribution in [2.24, 2.45) is 0 Å². The molecule has 0 aromatic rings. The molecule has 24 heteroatoms. The van der Waals surface area contributed by atoms with Gasteiger partial charge in [0.15, 0.2) is 0 Å². The van der Waals surface area contributed by atoms with Crippen molar-refractivity contribution in [3.05, 3.63) is 0 Å². The van der Waals surface area contributed by atoms with Crippen molar-refractivity contribution in [3.8, 4) is 0 Å². The lowest BCUT2D eigenvalue weighted by atomic mass is 9.71. The fourth-order valence-corrected chi connectivity index (χ4v) is 2.26. The average Bonchev–Trinajstić information content (AvgIpc) is 2.63. The summed E-state index contributed by atoms with van der Waals surface area (Å²) < 4.78 is 311. The van der Waals surface area contributed by atoms with Crippen LogP contribution in [0.1, 0.15) is 0 Å². The molecule has 0 nitrogen and oxygen atoms in total. The molecule has 0 heterocycles. The third-order valence-electron chi connectivity index (χ3n) is 4.33. The molecule has 0 aromatic heterocycles. The first-order valence-corrected chi connectivity index (χ1v) is 7.48. The van der Waals surface area contributed by atoms with E-state index in [9.17, 15) is 105 Å². The summed E-state index contributed by atoms with van der Waals surface area (Å²) in [5, 5.41) is 0. The first-order chi connectivity index (χ1) is 15.1. The minimum atomic E-state index is -9.47. The summed E-state index contributed by atoms with van der Waals surface area (Å²) in [6.07, 6.45) is -30.8. The summed E-state index contributed by atoms with van der Waals surface area (Å²) in [7, 11) is 0. The Balaban J connectivity index is 7.81. The Kier molecular flexibility index (Phi) is 8.02. The van der Waals surface area contributed by atoms with Gasteiger partial charge in [-0.25, -0.2) is 26.3 Å². The SMILES string of the molecule is FC(F)C(F)(C(F)(F)C(F)(F)C(F)(F)F)C(F)(C(F)F)C(F)(F)C(F)(F)C(F)(F)C(F)(F)C(F)(F)F. The normalized spacial score (nSPS) is 19.5. The number of hydrogen-bond acceptors (Lipinski definition) is 0. The Morgan fingerprint density at radius 1 is 0.250 bits per heavy atom. The lowest BCUT2D eigenvalue weighted by Crippen LogP contribution is -2.82. The van der Waals surface area contributed by atoms with Crippen LogP contribution in [0.5, 0.6) is 0 Å². The smallest absolute Gasteiger partial charge is 0.226 e. The average molecular weight is 602 g/mol. The molecule has 0 aliphatic carbocycles. The Labute approximate surface area is 179 Å². The van der Waals surface area contributed by atoms with Crippen LogP contribution >= 0.6 is 0 Å². The second-order valence-electron chi connectivity index (χ2n) is 6.47. The molecule has 218 valence electrons. The van der Waals surface area contributed by atoms with Crippen molar-refractivity contribution in [2.75, 3.05) is 0 Å². The van der Waals surface area contributed by atoms with E-state index in [1.165, 1.54) is 0 Å². The largest absolute Gasteiger partial charge is 0.460 e. The molecule has 0 radical (unpaired) electrons. The van der Waals surface area contributed by atoms with Crippen LogP contribution < -0.4 is 0 Å². The second kappa shape index (κ2) is 8.41. The van der Waals surface area contributed by atoms with Crippen molar-refractivity contribution in [2.45, 2.75) is 72.1 Å². The number of hydrogen-bond donors (Lipinski definition) is 0. The molecule has 0 aliphatic heterocycles. The molecule has 0 saturated carbocycles. The van der Waals surface area contributed by atoms with Crippen LogP contribution in [0.2, 0.25) is 0 Å². The summed E-state index contributed by atoms with van der Waals surface area (Å²) in [5.74, 6) is -54.4. The molecule has 0 saturated heterocycles. The highest BCUT2D eigenvalue weighted by molar-refractivity contribution is 5.26. The molecule has 0 amide bonds. The number of rotatable bonds is 9. The van der Waals surface area contributed by atoms with Gasteiger partial charge in [-0.3, -0.25) is 0 Å². The maximum Gasteiger partial charge on any atom is 0.460 e. The van der Waals surface area contributed by atoms with E-state index in [2.05, 4.69) is 0 Å². The standard InChI is InChI=1S/C12H2F24/c13-1(14)3(17,4(18,2(15)16)6(21,22)9(27,28)11(31,32)33)5(19,20)7(23,24)8(25,26)10(29,30)12(34,35)36/h1-2H. The topological polar surface area (TPSA) is 0 Å². The predicted octanol–water partition coefficient (Wildman–Crippen LogP) is 7.87. The maximum absolute atomic E-state index is 14.2. The molecule has 0 spiro atoms. The van der Waals surface area contributed by atoms with Crippen LogP contribution in [0, 0.1) is 0 Å². The summed E-state index contributed by atoms with van der Waals surface area (Å²) in [6, 6.07) is 0. The van der Waals surface area contributed by atoms with E-state index in [1.807, 2.05) is 0 Å². The van der Waals surface area contributed by atoms with Crippen LogP contribution in [-0.2, 0) is 0 Å². The van der Waals surface area contributed by atoms with Crippen molar-refractivity contribution in [3.63, 3.8) is 0 Å². The highest BCUT2D eigenvalue weighted by Gasteiger charge is 2.99. The molecule has 0 aromatic carbocycles. The van der Waals surface area contributed by atoms with Gasteiger partial charge in [-0.15, -0.1) is 0 Å². The highest BCUT2D eigenvalue weighted by Crippen LogP contribution is 2.67. The van der Waals surface area contributed by atoms with Gasteiger partial charge >= 0.3 is 47.9 Å². The maximum atomic E-state index is 14.2. The monoisotopic (exact) mass is 602 g/mol. The summed E-state index contributed by atoms with van der Waals surface area (Å²) in [5.41, 5.74) is -18.2. The van der Waals surface area contributed by atoms with Crippen LogP contribution in [-0.4, -0.2) is 72.1 Å². The summed E-state index contributed by atoms with van der Waals surface area (Å²) in [4.78, 5) is 0. The Morgan fingerprint density at radius 2 is 0.417 bits per heavy atom. The van der Waals surface area contributed by atoms with Crippen molar-refractivity contribution in [1.29, 1.82) is 0 Å². The molecule has 0 aliphatic rings. The zero-order valence-corrected chi connectivity index (χ0v) is 15.2. The third-order valence-corrected chi connectivity index (χ3v) is 4.33. The fraction of sp³-hybridized carbons (Fsp3) is 1.00. The molecular weight excluding hydrogens is 600 g/mol. The number of alkyl halides is 24. The first kappa shape index (κ1) is 34.3. The molecule has 36 heavy (non-hydrogen) atoms. The molecule has 0 bridgehead atoms. The van der Waals surface area contributed by atoms with Crippen molar-refractivity contribution in [1.82, 2.24) is 0 Å². The zero-order chi connectivity index (χ0) is 30.2. The van der Waals surface area contributed by atoms with Gasteiger partial charge in [0.05, 0.1) is 0 Å². The van der Waals surface area contributed by atoms with Gasteiger partial charge in [0.25, 0.3) is 24.2 Å². The van der Waals surface area contributed by atoms with E-state index in [1.54, 1.807) is 0 Å². The molecule has 0 rings (SSSR count). The Morgan fingerprint density at radius 3 is 0.611 bits per heavy atom. The van der Waals surface area contributed by atoms with E-state index in [4.69, 9.17) is 0 Å². The molecular formula is C12H2F24. The van der Waals surface area contributed by atoms with Crippen molar-refractivity contribution >= 4 is 0 Å². The van der Waals surface area contributed by atoms with Gasteiger partial charge in [0.1, 0.15) is 0 Å². The molecule has 0 fully saturated rings. The van der Waals surface area contributed by atoms with Gasteiger partial charge in [-0.1, -0.05) is 0 Å². The molecule has 2 atom stereocenters. The highest BCUT2D eigenvalue weighted by atomic mass is 19.4. The van der Waals surface area contributed by atoms with Gasteiger partial charge in [0, 0.05) is 0 Å². The zero-order valence-electron chi connectivity index (χ0n) is 15.2. The van der Waals surface area contributed by atoms with Gasteiger partial charge in [-0.2, -0.15) is 79.0 Å². The molecule has 2 unspecified atom stereocenters. The van der Waals surface area contributed by atoms with Crippen LogP contribution in [0.15, 0.2) is 0 Å². The predicted molar refractivity (Wildman–Crippen MR) is 61.5 cm³/mol. The lowest BCUT2D eigenvalue weighted by molar-refractivity contribution is -0.463.